The van der Waals surface area contributed by atoms with E-state index in [0.29, 0.717) is 11.3 Å². The molecule has 0 aliphatic heterocycles. The smallest absolute Gasteiger partial charge is 0.181 e. The van der Waals surface area contributed by atoms with Gasteiger partial charge in [-0.2, -0.15) is 5.10 Å². The largest absolute Gasteiger partial charge is 0.496 e. The molecule has 0 fully saturated rings. The minimum atomic E-state index is 0.625. The van der Waals surface area contributed by atoms with Gasteiger partial charge in [-0.25, -0.2) is 4.98 Å². The lowest BCUT2D eigenvalue weighted by Crippen LogP contribution is -1.89. The highest BCUT2D eigenvalue weighted by Crippen LogP contribution is 2.29. The Kier molecular flexibility index (Phi) is 2.59. The van der Waals surface area contributed by atoms with Gasteiger partial charge in [-0.3, -0.25) is 5.10 Å². The molecule has 3 rings (SSSR count). The van der Waals surface area contributed by atoms with E-state index in [1.807, 2.05) is 25.1 Å². The summed E-state index contributed by atoms with van der Waals surface area (Å²) in [5, 5.41) is 8.12. The summed E-state index contributed by atoms with van der Waals surface area (Å²) >= 11 is 0. The Labute approximate surface area is 110 Å². The number of anilines is 1. The van der Waals surface area contributed by atoms with E-state index in [4.69, 9.17) is 10.5 Å². The molecule has 0 atom stereocenters. The van der Waals surface area contributed by atoms with E-state index in [1.54, 1.807) is 13.3 Å². The molecule has 1 aromatic carbocycles. The first-order valence-corrected chi connectivity index (χ1v) is 5.93. The second-order valence-electron chi connectivity index (χ2n) is 4.42. The summed E-state index contributed by atoms with van der Waals surface area (Å²) in [4.78, 5) is 4.19. The fraction of sp³-hybridized carbons (Fsp3) is 0.143. The van der Waals surface area contributed by atoms with E-state index in [0.717, 1.165) is 28.0 Å². The average molecular weight is 254 g/mol. The number of rotatable bonds is 2. The number of aromatic amines is 1. The number of nitrogens with one attached hydrogen (secondary N) is 1. The van der Waals surface area contributed by atoms with Crippen LogP contribution in [0.25, 0.3) is 22.3 Å². The minimum absolute atomic E-state index is 0.625. The summed E-state index contributed by atoms with van der Waals surface area (Å²) in [6.07, 6.45) is 1.60. The number of fused-ring (bicyclic) bond motifs is 1. The van der Waals surface area contributed by atoms with Crippen LogP contribution in [0.15, 0.2) is 30.5 Å². The van der Waals surface area contributed by atoms with Gasteiger partial charge in [0.25, 0.3) is 0 Å². The number of hydrogen-bond donors (Lipinski definition) is 2. The van der Waals surface area contributed by atoms with Crippen molar-refractivity contribution < 1.29 is 4.74 Å². The molecule has 5 heteroatoms. The normalized spacial score (nSPS) is 10.8. The van der Waals surface area contributed by atoms with Crippen LogP contribution in [0.3, 0.4) is 0 Å². The lowest BCUT2D eigenvalue weighted by Gasteiger charge is -2.06. The van der Waals surface area contributed by atoms with Crippen LogP contribution in [-0.4, -0.2) is 22.3 Å². The first-order valence-electron chi connectivity index (χ1n) is 5.93. The third-order valence-electron chi connectivity index (χ3n) is 3.11. The Morgan fingerprint density at radius 2 is 2.11 bits per heavy atom. The number of hydrogen-bond acceptors (Lipinski definition) is 4. The fourth-order valence-electron chi connectivity index (χ4n) is 2.17. The highest BCUT2D eigenvalue weighted by molar-refractivity contribution is 5.92. The van der Waals surface area contributed by atoms with E-state index in [-0.39, 0.29) is 0 Å². The number of pyridine rings is 1. The lowest BCUT2D eigenvalue weighted by molar-refractivity contribution is 0.412. The second-order valence-corrected chi connectivity index (χ2v) is 4.42. The topological polar surface area (TPSA) is 76.8 Å². The van der Waals surface area contributed by atoms with Crippen LogP contribution < -0.4 is 10.5 Å². The minimum Gasteiger partial charge on any atom is -0.496 e. The molecule has 0 aliphatic carbocycles. The molecule has 3 N–H and O–H groups in total. The zero-order valence-corrected chi connectivity index (χ0v) is 10.8. The van der Waals surface area contributed by atoms with E-state index >= 15 is 0 Å². The van der Waals surface area contributed by atoms with Gasteiger partial charge in [-0.15, -0.1) is 0 Å². The number of methoxy groups -OCH3 is 1. The molecule has 0 amide bonds. The third-order valence-corrected chi connectivity index (χ3v) is 3.11. The first kappa shape index (κ1) is 11.5. The molecule has 2 heterocycles. The molecule has 0 radical (unpaired) electrons. The van der Waals surface area contributed by atoms with E-state index in [1.165, 1.54) is 0 Å². The quantitative estimate of drug-likeness (QED) is 0.736. The summed E-state index contributed by atoms with van der Waals surface area (Å²) in [6.45, 7) is 2.01. The van der Waals surface area contributed by atoms with Crippen LogP contribution in [0.2, 0.25) is 0 Å². The number of benzene rings is 1. The van der Waals surface area contributed by atoms with Gasteiger partial charge in [-0.1, -0.05) is 0 Å². The molecular formula is C14H14N4O. The second kappa shape index (κ2) is 4.28. The number of H-pyrrole nitrogens is 1. The third kappa shape index (κ3) is 1.89. The summed E-state index contributed by atoms with van der Waals surface area (Å²) in [7, 11) is 1.66. The monoisotopic (exact) mass is 254 g/mol. The van der Waals surface area contributed by atoms with Crippen molar-refractivity contribution in [2.24, 2.45) is 0 Å². The molecule has 0 unspecified atom stereocenters. The van der Waals surface area contributed by atoms with Crippen LogP contribution in [0.5, 0.6) is 5.75 Å². The summed E-state index contributed by atoms with van der Waals surface area (Å²) < 4.78 is 5.27. The molecule has 0 spiro atoms. The Bertz CT molecular complexity index is 748. The fourth-order valence-corrected chi connectivity index (χ4v) is 2.17. The van der Waals surface area contributed by atoms with E-state index in [9.17, 15) is 0 Å². The van der Waals surface area contributed by atoms with Crippen molar-refractivity contribution in [1.29, 1.82) is 0 Å². The number of aryl methyl sites for hydroxylation is 1. The Morgan fingerprint density at radius 1 is 1.26 bits per heavy atom. The van der Waals surface area contributed by atoms with Gasteiger partial charge in [0, 0.05) is 10.9 Å². The van der Waals surface area contributed by atoms with Crippen molar-refractivity contribution in [2.75, 3.05) is 12.8 Å². The molecular weight excluding hydrogens is 240 g/mol. The number of nitrogens with two attached hydrogens (primary N) is 1. The van der Waals surface area contributed by atoms with Crippen molar-refractivity contribution in [2.45, 2.75) is 6.92 Å². The summed E-state index contributed by atoms with van der Waals surface area (Å²) in [5.41, 5.74) is 10.1. The number of aromatic nitrogens is 3. The number of ether oxygens (including phenoxy) is 1. The average Bonchev–Trinajstić information content (AvgIpc) is 2.81. The van der Waals surface area contributed by atoms with Gasteiger partial charge in [0.15, 0.2) is 5.65 Å². The SMILES string of the molecule is COc1ccc(-c2[nH]nc3ncc(N)cc23)cc1C. The van der Waals surface area contributed by atoms with E-state index in [2.05, 4.69) is 21.2 Å². The van der Waals surface area contributed by atoms with Crippen LogP contribution in [0.4, 0.5) is 5.69 Å². The molecule has 0 aliphatic rings. The van der Waals surface area contributed by atoms with Crippen LogP contribution in [0, 0.1) is 6.92 Å². The van der Waals surface area contributed by atoms with Gasteiger partial charge in [0.05, 0.1) is 24.7 Å². The van der Waals surface area contributed by atoms with E-state index < -0.39 is 0 Å². The van der Waals surface area contributed by atoms with Gasteiger partial charge in [0.2, 0.25) is 0 Å². The predicted octanol–water partition coefficient (Wildman–Crippen LogP) is 2.52. The molecule has 2 aromatic heterocycles. The van der Waals surface area contributed by atoms with Crippen molar-refractivity contribution >= 4 is 16.7 Å². The van der Waals surface area contributed by atoms with Crippen molar-refractivity contribution in [3.8, 4) is 17.0 Å². The van der Waals surface area contributed by atoms with Gasteiger partial charge in [0.1, 0.15) is 5.75 Å². The Morgan fingerprint density at radius 3 is 2.84 bits per heavy atom. The zero-order valence-electron chi connectivity index (χ0n) is 10.8. The highest BCUT2D eigenvalue weighted by atomic mass is 16.5. The van der Waals surface area contributed by atoms with Crippen molar-refractivity contribution in [3.05, 3.63) is 36.0 Å². The van der Waals surface area contributed by atoms with Gasteiger partial charge in [-0.05, 0) is 36.8 Å². The first-order chi connectivity index (χ1) is 9.19. The Hall–Kier alpha value is -2.56. The molecule has 3 aromatic rings. The molecule has 5 nitrogen and oxygen atoms in total. The maximum Gasteiger partial charge on any atom is 0.181 e. The zero-order chi connectivity index (χ0) is 13.4. The molecule has 0 saturated heterocycles. The number of nitrogens with zero attached hydrogens (tertiary/aromatic N) is 2. The Balaban J connectivity index is 2.18. The number of nitrogen functional groups attached to an aromatic ring is 1. The standard InChI is InChI=1S/C14H14N4O/c1-8-5-9(3-4-12(8)19-2)13-11-6-10(15)7-16-14(11)18-17-13/h3-7H,15H2,1-2H3,(H,16,17,18). The summed E-state index contributed by atoms with van der Waals surface area (Å²) in [6, 6.07) is 7.86. The molecule has 19 heavy (non-hydrogen) atoms. The maximum absolute atomic E-state index is 5.78. The van der Waals surface area contributed by atoms with Crippen LogP contribution in [-0.2, 0) is 0 Å². The lowest BCUT2D eigenvalue weighted by atomic mass is 10.1. The summed E-state index contributed by atoms with van der Waals surface area (Å²) in [5.74, 6) is 0.866. The van der Waals surface area contributed by atoms with Crippen LogP contribution in [0.1, 0.15) is 5.56 Å². The van der Waals surface area contributed by atoms with Crippen molar-refractivity contribution in [1.82, 2.24) is 15.2 Å². The molecule has 0 bridgehead atoms. The maximum atomic E-state index is 5.78. The predicted molar refractivity (Wildman–Crippen MR) is 75.0 cm³/mol. The molecule has 0 saturated carbocycles. The van der Waals surface area contributed by atoms with Gasteiger partial charge < -0.3 is 10.5 Å². The molecule has 96 valence electrons. The van der Waals surface area contributed by atoms with Crippen LogP contribution >= 0.6 is 0 Å². The van der Waals surface area contributed by atoms with Crippen molar-refractivity contribution in [3.63, 3.8) is 0 Å². The van der Waals surface area contributed by atoms with Gasteiger partial charge >= 0.3 is 0 Å². The highest BCUT2D eigenvalue weighted by Gasteiger charge is 2.10.